The summed E-state index contributed by atoms with van der Waals surface area (Å²) >= 11 is 6.10. The summed E-state index contributed by atoms with van der Waals surface area (Å²) in [4.78, 5) is 8.88. The summed E-state index contributed by atoms with van der Waals surface area (Å²) in [5, 5.41) is 4.86. The van der Waals surface area contributed by atoms with Gasteiger partial charge in [0, 0.05) is 23.7 Å². The number of nitrogens with zero attached hydrogens (tertiary/aromatic N) is 4. The molecule has 3 aromatic rings. The fourth-order valence-corrected chi connectivity index (χ4v) is 2.48. The Balaban J connectivity index is 1.72. The molecule has 2 heterocycles. The van der Waals surface area contributed by atoms with Gasteiger partial charge < -0.3 is 0 Å². The zero-order valence-corrected chi connectivity index (χ0v) is 12.0. The van der Waals surface area contributed by atoms with Crippen LogP contribution in [0.25, 0.3) is 16.9 Å². The van der Waals surface area contributed by atoms with E-state index in [0.717, 1.165) is 35.6 Å². The molecule has 0 saturated heterocycles. The van der Waals surface area contributed by atoms with E-state index in [1.165, 1.54) is 0 Å². The molecule has 1 aliphatic carbocycles. The first-order chi connectivity index (χ1) is 10.3. The Morgan fingerprint density at radius 1 is 1.05 bits per heavy atom. The van der Waals surface area contributed by atoms with Gasteiger partial charge in [0.2, 0.25) is 0 Å². The largest absolute Gasteiger partial charge is 0.222 e. The number of halogens is 1. The third kappa shape index (κ3) is 2.54. The van der Waals surface area contributed by atoms with Crippen LogP contribution in [0.2, 0.25) is 5.15 Å². The van der Waals surface area contributed by atoms with E-state index in [2.05, 4.69) is 27.2 Å². The smallest absolute Gasteiger partial charge is 0.158 e. The molecule has 4 rings (SSSR count). The molecule has 0 spiro atoms. The molecule has 0 aliphatic heterocycles. The first kappa shape index (κ1) is 12.5. The van der Waals surface area contributed by atoms with Crippen LogP contribution < -0.4 is 0 Å². The Kier molecular flexibility index (Phi) is 2.97. The molecule has 0 bridgehead atoms. The SMILES string of the molecule is Clc1cc(-n2cc(-c3ccccc3)cn2)nc(C2CC2)n1. The minimum Gasteiger partial charge on any atom is -0.222 e. The second-order valence-corrected chi connectivity index (χ2v) is 5.61. The van der Waals surface area contributed by atoms with Gasteiger partial charge in [-0.15, -0.1) is 0 Å². The van der Waals surface area contributed by atoms with Gasteiger partial charge in [0.25, 0.3) is 0 Å². The number of rotatable bonds is 3. The highest BCUT2D eigenvalue weighted by molar-refractivity contribution is 6.29. The minimum absolute atomic E-state index is 0.464. The predicted octanol–water partition coefficient (Wildman–Crippen LogP) is 3.86. The lowest BCUT2D eigenvalue weighted by Crippen LogP contribution is -2.02. The maximum atomic E-state index is 6.10. The Morgan fingerprint density at radius 2 is 1.86 bits per heavy atom. The summed E-state index contributed by atoms with van der Waals surface area (Å²) in [7, 11) is 0. The molecule has 1 saturated carbocycles. The van der Waals surface area contributed by atoms with Crippen molar-refractivity contribution >= 4 is 11.6 Å². The number of hydrogen-bond acceptors (Lipinski definition) is 3. The maximum Gasteiger partial charge on any atom is 0.158 e. The third-order valence-corrected chi connectivity index (χ3v) is 3.76. The molecule has 1 aliphatic rings. The van der Waals surface area contributed by atoms with Crippen molar-refractivity contribution in [2.75, 3.05) is 0 Å². The van der Waals surface area contributed by atoms with E-state index in [9.17, 15) is 0 Å². The summed E-state index contributed by atoms with van der Waals surface area (Å²) < 4.78 is 1.75. The number of hydrogen-bond donors (Lipinski definition) is 0. The van der Waals surface area contributed by atoms with Crippen LogP contribution in [0.15, 0.2) is 48.8 Å². The van der Waals surface area contributed by atoms with Crippen molar-refractivity contribution < 1.29 is 0 Å². The molecule has 104 valence electrons. The Labute approximate surface area is 127 Å². The molecule has 0 atom stereocenters. The van der Waals surface area contributed by atoms with Crippen LogP contribution in [-0.4, -0.2) is 19.7 Å². The molecule has 1 fully saturated rings. The van der Waals surface area contributed by atoms with Crippen LogP contribution in [0.4, 0.5) is 0 Å². The van der Waals surface area contributed by atoms with Gasteiger partial charge in [-0.25, -0.2) is 14.6 Å². The molecule has 2 aromatic heterocycles. The second-order valence-electron chi connectivity index (χ2n) is 5.22. The van der Waals surface area contributed by atoms with Gasteiger partial charge in [0.1, 0.15) is 11.0 Å². The van der Waals surface area contributed by atoms with Crippen molar-refractivity contribution in [2.45, 2.75) is 18.8 Å². The van der Waals surface area contributed by atoms with Crippen LogP contribution >= 0.6 is 11.6 Å². The van der Waals surface area contributed by atoms with Gasteiger partial charge in [-0.2, -0.15) is 5.10 Å². The Bertz CT molecular complexity index is 778. The van der Waals surface area contributed by atoms with E-state index >= 15 is 0 Å². The topological polar surface area (TPSA) is 43.6 Å². The zero-order chi connectivity index (χ0) is 14.2. The monoisotopic (exact) mass is 296 g/mol. The van der Waals surface area contributed by atoms with Crippen molar-refractivity contribution in [3.63, 3.8) is 0 Å². The summed E-state index contributed by atoms with van der Waals surface area (Å²) in [5.41, 5.74) is 2.18. The van der Waals surface area contributed by atoms with Gasteiger partial charge in [-0.1, -0.05) is 41.9 Å². The van der Waals surface area contributed by atoms with Crippen LogP contribution in [-0.2, 0) is 0 Å². The molecular formula is C16H13ClN4. The summed E-state index contributed by atoms with van der Waals surface area (Å²) in [5.74, 6) is 2.01. The highest BCUT2D eigenvalue weighted by atomic mass is 35.5. The third-order valence-electron chi connectivity index (χ3n) is 3.57. The zero-order valence-electron chi connectivity index (χ0n) is 11.3. The van der Waals surface area contributed by atoms with E-state index in [1.807, 2.05) is 30.6 Å². The van der Waals surface area contributed by atoms with Crippen molar-refractivity contribution in [2.24, 2.45) is 0 Å². The predicted molar refractivity (Wildman–Crippen MR) is 81.6 cm³/mol. The van der Waals surface area contributed by atoms with Crippen LogP contribution in [0, 0.1) is 0 Å². The van der Waals surface area contributed by atoms with Gasteiger partial charge in [-0.3, -0.25) is 0 Å². The molecule has 4 nitrogen and oxygen atoms in total. The molecule has 0 radical (unpaired) electrons. The average molecular weight is 297 g/mol. The Hall–Kier alpha value is -2.20. The van der Waals surface area contributed by atoms with Gasteiger partial charge in [0.15, 0.2) is 5.82 Å². The minimum atomic E-state index is 0.464. The standard InChI is InChI=1S/C16H13ClN4/c17-14-8-15(20-16(19-14)12-6-7-12)21-10-13(9-18-21)11-4-2-1-3-5-11/h1-5,8-10,12H,6-7H2. The van der Waals surface area contributed by atoms with E-state index in [1.54, 1.807) is 10.7 Å². The van der Waals surface area contributed by atoms with Gasteiger partial charge in [0.05, 0.1) is 6.20 Å². The number of aromatic nitrogens is 4. The van der Waals surface area contributed by atoms with E-state index in [4.69, 9.17) is 11.6 Å². The normalized spacial score (nSPS) is 14.3. The summed E-state index contributed by atoms with van der Waals surface area (Å²) in [6.45, 7) is 0. The summed E-state index contributed by atoms with van der Waals surface area (Å²) in [6, 6.07) is 11.9. The fraction of sp³-hybridized carbons (Fsp3) is 0.188. The van der Waals surface area contributed by atoms with E-state index in [0.29, 0.717) is 11.1 Å². The molecular weight excluding hydrogens is 284 g/mol. The van der Waals surface area contributed by atoms with E-state index < -0.39 is 0 Å². The fourth-order valence-electron chi connectivity index (χ4n) is 2.29. The van der Waals surface area contributed by atoms with Crippen LogP contribution in [0.1, 0.15) is 24.6 Å². The van der Waals surface area contributed by atoms with Crippen molar-refractivity contribution in [3.05, 3.63) is 59.8 Å². The number of benzene rings is 1. The lowest BCUT2D eigenvalue weighted by atomic mass is 10.1. The van der Waals surface area contributed by atoms with E-state index in [-0.39, 0.29) is 0 Å². The highest BCUT2D eigenvalue weighted by Crippen LogP contribution is 2.38. The molecule has 0 N–H and O–H groups in total. The van der Waals surface area contributed by atoms with Crippen molar-refractivity contribution in [3.8, 4) is 16.9 Å². The van der Waals surface area contributed by atoms with Crippen molar-refractivity contribution in [1.29, 1.82) is 0 Å². The molecule has 21 heavy (non-hydrogen) atoms. The first-order valence-corrected chi connectivity index (χ1v) is 7.32. The van der Waals surface area contributed by atoms with Crippen LogP contribution in [0.3, 0.4) is 0 Å². The first-order valence-electron chi connectivity index (χ1n) is 6.94. The second kappa shape index (κ2) is 4.97. The molecule has 0 unspecified atom stereocenters. The molecule has 0 amide bonds. The molecule has 5 heteroatoms. The van der Waals surface area contributed by atoms with Crippen LogP contribution in [0.5, 0.6) is 0 Å². The highest BCUT2D eigenvalue weighted by Gasteiger charge is 2.27. The maximum absolute atomic E-state index is 6.10. The summed E-state index contributed by atoms with van der Waals surface area (Å²) in [6.07, 6.45) is 6.09. The average Bonchev–Trinajstić information content (AvgIpc) is 3.24. The quantitative estimate of drug-likeness (QED) is 0.689. The van der Waals surface area contributed by atoms with Gasteiger partial charge >= 0.3 is 0 Å². The lowest BCUT2D eigenvalue weighted by molar-refractivity contribution is 0.810. The molecule has 1 aromatic carbocycles. The lowest BCUT2D eigenvalue weighted by Gasteiger charge is -2.04. The Morgan fingerprint density at radius 3 is 2.62 bits per heavy atom. The van der Waals surface area contributed by atoms with Crippen molar-refractivity contribution in [1.82, 2.24) is 19.7 Å². The van der Waals surface area contributed by atoms with Gasteiger partial charge in [-0.05, 0) is 18.4 Å².